The number of aliphatic hydroxyl groups excluding tert-OH is 1. The average molecular weight is 213 g/mol. The summed E-state index contributed by atoms with van der Waals surface area (Å²) < 4.78 is 0. The molecule has 0 amide bonds. The molecule has 0 saturated carbocycles. The Hall–Kier alpha value is -0.0400. The van der Waals surface area contributed by atoms with E-state index in [-0.39, 0.29) is 6.10 Å². The molecule has 0 heterocycles. The van der Waals surface area contributed by atoms with Gasteiger partial charge >= 0.3 is 0 Å². The molecule has 1 heteroatoms. The highest BCUT2D eigenvalue weighted by atomic mass is 16.3. The van der Waals surface area contributed by atoms with Crippen LogP contribution < -0.4 is 0 Å². The van der Waals surface area contributed by atoms with Crippen molar-refractivity contribution >= 4 is 0 Å². The zero-order valence-electron chi connectivity index (χ0n) is 10.5. The molecule has 1 N–H and O–H groups in total. The Morgan fingerprint density at radius 3 is 1.60 bits per heavy atom. The van der Waals surface area contributed by atoms with E-state index < -0.39 is 0 Å². The fourth-order valence-electron chi connectivity index (χ4n) is 1.87. The van der Waals surface area contributed by atoms with E-state index in [0.29, 0.717) is 0 Å². The first-order valence-electron chi connectivity index (χ1n) is 6.78. The summed E-state index contributed by atoms with van der Waals surface area (Å²) in [6.45, 7) is 5.83. The van der Waals surface area contributed by atoms with Gasteiger partial charge in [-0.2, -0.15) is 0 Å². The van der Waals surface area contributed by atoms with Gasteiger partial charge < -0.3 is 5.11 Å². The Bertz CT molecular complexity index is 110. The van der Waals surface area contributed by atoms with Crippen LogP contribution in [0.1, 0.15) is 77.6 Å². The first-order chi connectivity index (χ1) is 7.27. The number of hydrogen-bond donors (Lipinski definition) is 1. The standard InChI is InChI=1S/C14H29O/c1-3-4-5-6-7-8-9-10-11-12-13-14(2)15/h14-15H,2-13H2,1H3. The molecular formula is C14H29O. The molecule has 1 nitrogen and oxygen atoms in total. The third-order valence-corrected chi connectivity index (χ3v) is 2.89. The van der Waals surface area contributed by atoms with Gasteiger partial charge in [0.05, 0.1) is 6.10 Å². The van der Waals surface area contributed by atoms with Crippen LogP contribution in [0.5, 0.6) is 0 Å². The first-order valence-corrected chi connectivity index (χ1v) is 6.78. The zero-order chi connectivity index (χ0) is 11.4. The van der Waals surface area contributed by atoms with Crippen LogP contribution in [0.25, 0.3) is 0 Å². The summed E-state index contributed by atoms with van der Waals surface area (Å²) in [5.41, 5.74) is 0. The van der Waals surface area contributed by atoms with Gasteiger partial charge in [0.15, 0.2) is 0 Å². The summed E-state index contributed by atoms with van der Waals surface area (Å²) in [6.07, 6.45) is 14.0. The first kappa shape index (κ1) is 15.0. The molecule has 0 aliphatic rings. The van der Waals surface area contributed by atoms with E-state index in [9.17, 15) is 0 Å². The summed E-state index contributed by atoms with van der Waals surface area (Å²) in [5, 5.41) is 8.96. The van der Waals surface area contributed by atoms with Gasteiger partial charge in [0, 0.05) is 0 Å². The maximum Gasteiger partial charge on any atom is 0.0541 e. The van der Waals surface area contributed by atoms with Gasteiger partial charge in [0.1, 0.15) is 0 Å². The Labute approximate surface area is 96.3 Å². The third-order valence-electron chi connectivity index (χ3n) is 2.89. The Morgan fingerprint density at radius 1 is 0.800 bits per heavy atom. The molecule has 1 unspecified atom stereocenters. The molecule has 0 aliphatic carbocycles. The summed E-state index contributed by atoms with van der Waals surface area (Å²) >= 11 is 0. The molecular weight excluding hydrogens is 184 g/mol. The lowest BCUT2D eigenvalue weighted by atomic mass is 10.1. The van der Waals surface area contributed by atoms with E-state index in [0.717, 1.165) is 12.8 Å². The summed E-state index contributed by atoms with van der Waals surface area (Å²) in [7, 11) is 0. The molecule has 1 radical (unpaired) electrons. The maximum atomic E-state index is 8.96. The highest BCUT2D eigenvalue weighted by molar-refractivity contribution is 4.56. The molecule has 1 atom stereocenters. The molecule has 0 aromatic rings. The Kier molecular flexibility index (Phi) is 12.0. The lowest BCUT2D eigenvalue weighted by Gasteiger charge is -2.03. The van der Waals surface area contributed by atoms with E-state index in [4.69, 9.17) is 5.11 Å². The smallest absolute Gasteiger partial charge is 0.0541 e. The molecule has 0 rings (SSSR count). The fourth-order valence-corrected chi connectivity index (χ4v) is 1.87. The number of aliphatic hydroxyl groups is 1. The van der Waals surface area contributed by atoms with Gasteiger partial charge in [-0.3, -0.25) is 0 Å². The van der Waals surface area contributed by atoms with Gasteiger partial charge in [-0.1, -0.05) is 71.1 Å². The van der Waals surface area contributed by atoms with Crippen molar-refractivity contribution in [3.05, 3.63) is 6.92 Å². The minimum absolute atomic E-state index is 0.348. The third kappa shape index (κ3) is 14.0. The van der Waals surface area contributed by atoms with Crippen molar-refractivity contribution in [3.63, 3.8) is 0 Å². The Morgan fingerprint density at radius 2 is 1.20 bits per heavy atom. The van der Waals surface area contributed by atoms with Crippen LogP contribution in [0.2, 0.25) is 0 Å². The predicted octanol–water partition coefficient (Wildman–Crippen LogP) is 4.49. The van der Waals surface area contributed by atoms with Crippen LogP contribution in [-0.2, 0) is 0 Å². The predicted molar refractivity (Wildman–Crippen MR) is 67.8 cm³/mol. The number of unbranched alkanes of at least 4 members (excludes halogenated alkanes) is 9. The average Bonchev–Trinajstić information content (AvgIpc) is 2.20. The topological polar surface area (TPSA) is 20.2 Å². The molecule has 0 fully saturated rings. The van der Waals surface area contributed by atoms with Crippen LogP contribution in [0.4, 0.5) is 0 Å². The summed E-state index contributed by atoms with van der Waals surface area (Å²) in [6, 6.07) is 0. The van der Waals surface area contributed by atoms with Crippen molar-refractivity contribution in [2.75, 3.05) is 0 Å². The zero-order valence-corrected chi connectivity index (χ0v) is 10.5. The monoisotopic (exact) mass is 213 g/mol. The second-order valence-electron chi connectivity index (χ2n) is 4.62. The van der Waals surface area contributed by atoms with Crippen molar-refractivity contribution in [2.45, 2.75) is 83.7 Å². The second kappa shape index (κ2) is 12.0. The molecule has 15 heavy (non-hydrogen) atoms. The molecule has 0 saturated heterocycles. The van der Waals surface area contributed by atoms with Crippen molar-refractivity contribution < 1.29 is 5.11 Å². The van der Waals surface area contributed by atoms with E-state index >= 15 is 0 Å². The molecule has 0 bridgehead atoms. The van der Waals surface area contributed by atoms with Gasteiger partial charge in [-0.05, 0) is 13.3 Å². The summed E-state index contributed by atoms with van der Waals surface area (Å²) in [5.74, 6) is 0. The highest BCUT2D eigenvalue weighted by Gasteiger charge is 1.95. The van der Waals surface area contributed by atoms with E-state index in [1.54, 1.807) is 0 Å². The number of rotatable bonds is 11. The normalized spacial score (nSPS) is 13.0. The van der Waals surface area contributed by atoms with Crippen molar-refractivity contribution in [1.29, 1.82) is 0 Å². The van der Waals surface area contributed by atoms with E-state index in [2.05, 4.69) is 13.8 Å². The fraction of sp³-hybridized carbons (Fsp3) is 0.929. The molecule has 0 aromatic carbocycles. The molecule has 0 spiro atoms. The minimum Gasteiger partial charge on any atom is -0.393 e. The van der Waals surface area contributed by atoms with Crippen molar-refractivity contribution in [2.24, 2.45) is 0 Å². The quantitative estimate of drug-likeness (QED) is 0.501. The molecule has 91 valence electrons. The molecule has 0 aromatic heterocycles. The Balaban J connectivity index is 2.87. The van der Waals surface area contributed by atoms with Crippen LogP contribution in [-0.4, -0.2) is 11.2 Å². The van der Waals surface area contributed by atoms with Crippen LogP contribution >= 0.6 is 0 Å². The van der Waals surface area contributed by atoms with E-state index in [1.165, 1.54) is 57.8 Å². The van der Waals surface area contributed by atoms with Crippen LogP contribution in [0.15, 0.2) is 0 Å². The maximum absolute atomic E-state index is 8.96. The summed E-state index contributed by atoms with van der Waals surface area (Å²) in [4.78, 5) is 0. The van der Waals surface area contributed by atoms with Crippen LogP contribution in [0.3, 0.4) is 0 Å². The highest BCUT2D eigenvalue weighted by Crippen LogP contribution is 2.11. The van der Waals surface area contributed by atoms with Crippen molar-refractivity contribution in [1.82, 2.24) is 0 Å². The van der Waals surface area contributed by atoms with E-state index in [1.807, 2.05) is 0 Å². The molecule has 0 aliphatic heterocycles. The van der Waals surface area contributed by atoms with Crippen LogP contribution in [0, 0.1) is 6.92 Å². The van der Waals surface area contributed by atoms with Crippen molar-refractivity contribution in [3.8, 4) is 0 Å². The van der Waals surface area contributed by atoms with Gasteiger partial charge in [0.25, 0.3) is 0 Å². The SMILES string of the molecule is [CH2]C(O)CCCCCCCCCCCC. The van der Waals surface area contributed by atoms with Gasteiger partial charge in [-0.25, -0.2) is 0 Å². The largest absolute Gasteiger partial charge is 0.393 e. The lowest BCUT2D eigenvalue weighted by molar-refractivity contribution is 0.205. The lowest BCUT2D eigenvalue weighted by Crippen LogP contribution is -1.98. The van der Waals surface area contributed by atoms with Gasteiger partial charge in [0.2, 0.25) is 0 Å². The van der Waals surface area contributed by atoms with Gasteiger partial charge in [-0.15, -0.1) is 0 Å². The second-order valence-corrected chi connectivity index (χ2v) is 4.62. The number of hydrogen-bond acceptors (Lipinski definition) is 1. The minimum atomic E-state index is -0.348.